The van der Waals surface area contributed by atoms with Gasteiger partial charge in [-0.15, -0.1) is 0 Å². The van der Waals surface area contributed by atoms with Gasteiger partial charge in [0.15, 0.2) is 0 Å². The van der Waals surface area contributed by atoms with Crippen molar-refractivity contribution in [2.45, 2.75) is 64.5 Å². The first-order valence-electron chi connectivity index (χ1n) is 8.33. The molecule has 20 heavy (non-hydrogen) atoms. The fourth-order valence-corrected chi connectivity index (χ4v) is 3.75. The van der Waals surface area contributed by atoms with Crippen molar-refractivity contribution in [1.29, 1.82) is 0 Å². The van der Waals surface area contributed by atoms with Gasteiger partial charge in [-0.3, -0.25) is 9.69 Å². The van der Waals surface area contributed by atoms with Gasteiger partial charge in [0.2, 0.25) is 5.91 Å². The summed E-state index contributed by atoms with van der Waals surface area (Å²) in [4.78, 5) is 14.8. The van der Waals surface area contributed by atoms with Gasteiger partial charge >= 0.3 is 0 Å². The highest BCUT2D eigenvalue weighted by Crippen LogP contribution is 2.28. The minimum atomic E-state index is 0.127. The SMILES string of the molecule is CC1CC(N)CC(C(=O)NCC(C)N2CCCCC2)C1. The fraction of sp³-hybridized carbons (Fsp3) is 0.938. The van der Waals surface area contributed by atoms with Crippen LogP contribution in [-0.2, 0) is 4.79 Å². The molecule has 0 aromatic carbocycles. The Labute approximate surface area is 123 Å². The minimum Gasteiger partial charge on any atom is -0.354 e. The molecule has 116 valence electrons. The summed E-state index contributed by atoms with van der Waals surface area (Å²) in [6.45, 7) is 7.57. The Balaban J connectivity index is 1.73. The molecule has 2 aliphatic rings. The van der Waals surface area contributed by atoms with Crippen molar-refractivity contribution in [3.05, 3.63) is 0 Å². The van der Waals surface area contributed by atoms with Crippen LogP contribution in [0, 0.1) is 11.8 Å². The summed E-state index contributed by atoms with van der Waals surface area (Å²) in [6.07, 6.45) is 6.87. The van der Waals surface area contributed by atoms with E-state index >= 15 is 0 Å². The predicted molar refractivity (Wildman–Crippen MR) is 82.4 cm³/mol. The van der Waals surface area contributed by atoms with Gasteiger partial charge in [0.25, 0.3) is 0 Å². The number of likely N-dealkylation sites (tertiary alicyclic amines) is 1. The summed E-state index contributed by atoms with van der Waals surface area (Å²) < 4.78 is 0. The number of amides is 1. The Bertz CT molecular complexity index is 305. The molecule has 1 aliphatic carbocycles. The van der Waals surface area contributed by atoms with Gasteiger partial charge < -0.3 is 11.1 Å². The molecule has 0 aromatic rings. The molecule has 0 aromatic heterocycles. The number of hydrogen-bond acceptors (Lipinski definition) is 3. The topological polar surface area (TPSA) is 58.4 Å². The Morgan fingerprint density at radius 1 is 1.25 bits per heavy atom. The molecule has 4 atom stereocenters. The second-order valence-corrected chi connectivity index (χ2v) is 6.96. The van der Waals surface area contributed by atoms with Gasteiger partial charge in [-0.05, 0) is 58.0 Å². The molecule has 1 heterocycles. The van der Waals surface area contributed by atoms with Crippen LogP contribution in [0.3, 0.4) is 0 Å². The van der Waals surface area contributed by atoms with Gasteiger partial charge in [-0.25, -0.2) is 0 Å². The predicted octanol–water partition coefficient (Wildman–Crippen LogP) is 1.74. The van der Waals surface area contributed by atoms with Gasteiger partial charge in [0.1, 0.15) is 0 Å². The number of nitrogens with one attached hydrogen (secondary N) is 1. The number of rotatable bonds is 4. The Hall–Kier alpha value is -0.610. The monoisotopic (exact) mass is 281 g/mol. The molecule has 3 N–H and O–H groups in total. The first kappa shape index (κ1) is 15.8. The maximum Gasteiger partial charge on any atom is 0.223 e. The largest absolute Gasteiger partial charge is 0.354 e. The summed E-state index contributed by atoms with van der Waals surface area (Å²) in [6, 6.07) is 0.656. The lowest BCUT2D eigenvalue weighted by atomic mass is 9.79. The van der Waals surface area contributed by atoms with Crippen molar-refractivity contribution < 1.29 is 4.79 Å². The maximum atomic E-state index is 12.3. The van der Waals surface area contributed by atoms with E-state index in [1.165, 1.54) is 32.4 Å². The van der Waals surface area contributed by atoms with Crippen molar-refractivity contribution in [2.24, 2.45) is 17.6 Å². The van der Waals surface area contributed by atoms with E-state index in [-0.39, 0.29) is 17.9 Å². The number of carbonyl (C=O) groups is 1. The molecule has 1 saturated heterocycles. The van der Waals surface area contributed by atoms with Crippen molar-refractivity contribution in [2.75, 3.05) is 19.6 Å². The summed E-state index contributed by atoms with van der Waals surface area (Å²) in [5.74, 6) is 0.923. The van der Waals surface area contributed by atoms with E-state index in [1.807, 2.05) is 0 Å². The maximum absolute atomic E-state index is 12.3. The van der Waals surface area contributed by atoms with Gasteiger partial charge in [0.05, 0.1) is 0 Å². The second-order valence-electron chi connectivity index (χ2n) is 6.96. The van der Waals surface area contributed by atoms with E-state index in [9.17, 15) is 4.79 Å². The van der Waals surface area contributed by atoms with E-state index in [0.717, 1.165) is 25.8 Å². The van der Waals surface area contributed by atoms with Crippen LogP contribution in [-0.4, -0.2) is 42.5 Å². The summed E-state index contributed by atoms with van der Waals surface area (Å²) >= 11 is 0. The van der Waals surface area contributed by atoms with Crippen LogP contribution in [0.2, 0.25) is 0 Å². The summed E-state index contributed by atoms with van der Waals surface area (Å²) in [7, 11) is 0. The van der Waals surface area contributed by atoms with Crippen LogP contribution in [0.1, 0.15) is 52.4 Å². The highest BCUT2D eigenvalue weighted by Gasteiger charge is 2.29. The first-order chi connectivity index (χ1) is 9.56. The van der Waals surface area contributed by atoms with Crippen molar-refractivity contribution in [3.63, 3.8) is 0 Å². The van der Waals surface area contributed by atoms with E-state index in [4.69, 9.17) is 5.73 Å². The second kappa shape index (κ2) is 7.41. The summed E-state index contributed by atoms with van der Waals surface area (Å²) in [5, 5.41) is 3.15. The van der Waals surface area contributed by atoms with E-state index in [0.29, 0.717) is 12.0 Å². The zero-order valence-corrected chi connectivity index (χ0v) is 13.1. The lowest BCUT2D eigenvalue weighted by Gasteiger charge is -2.34. The van der Waals surface area contributed by atoms with Crippen molar-refractivity contribution in [3.8, 4) is 0 Å². The Morgan fingerprint density at radius 3 is 2.60 bits per heavy atom. The normalized spacial score (nSPS) is 33.6. The van der Waals surface area contributed by atoms with Crippen molar-refractivity contribution >= 4 is 5.91 Å². The zero-order chi connectivity index (χ0) is 14.5. The highest BCUT2D eigenvalue weighted by molar-refractivity contribution is 5.78. The Morgan fingerprint density at radius 2 is 1.95 bits per heavy atom. The molecule has 2 fully saturated rings. The molecular weight excluding hydrogens is 250 g/mol. The first-order valence-corrected chi connectivity index (χ1v) is 8.33. The lowest BCUT2D eigenvalue weighted by molar-refractivity contribution is -0.126. The van der Waals surface area contributed by atoms with Crippen LogP contribution in [0.15, 0.2) is 0 Å². The van der Waals surface area contributed by atoms with E-state index in [2.05, 4.69) is 24.1 Å². The highest BCUT2D eigenvalue weighted by atomic mass is 16.1. The summed E-state index contributed by atoms with van der Waals surface area (Å²) in [5.41, 5.74) is 6.04. The lowest BCUT2D eigenvalue weighted by Crippen LogP contribution is -2.47. The number of carbonyl (C=O) groups excluding carboxylic acids is 1. The molecule has 4 nitrogen and oxygen atoms in total. The molecule has 0 bridgehead atoms. The average Bonchev–Trinajstić information content (AvgIpc) is 2.44. The standard InChI is InChI=1S/C16H31N3O/c1-12-8-14(10-15(17)9-12)16(20)18-11-13(2)19-6-4-3-5-7-19/h12-15H,3-11,17H2,1-2H3,(H,18,20). The molecule has 2 rings (SSSR count). The quantitative estimate of drug-likeness (QED) is 0.825. The number of piperidine rings is 1. The van der Waals surface area contributed by atoms with Crippen LogP contribution < -0.4 is 11.1 Å². The molecule has 1 amide bonds. The molecule has 0 spiro atoms. The molecule has 4 heteroatoms. The van der Waals surface area contributed by atoms with Crippen LogP contribution in [0.4, 0.5) is 0 Å². The number of nitrogens with two attached hydrogens (primary N) is 1. The molecule has 4 unspecified atom stereocenters. The molecule has 0 radical (unpaired) electrons. The third-order valence-corrected chi connectivity index (χ3v) is 4.94. The third kappa shape index (κ3) is 4.45. The van der Waals surface area contributed by atoms with Gasteiger partial charge in [0, 0.05) is 24.5 Å². The average molecular weight is 281 g/mol. The van der Waals surface area contributed by atoms with Crippen molar-refractivity contribution in [1.82, 2.24) is 10.2 Å². The van der Waals surface area contributed by atoms with Crippen LogP contribution in [0.5, 0.6) is 0 Å². The minimum absolute atomic E-state index is 0.127. The van der Waals surface area contributed by atoms with Gasteiger partial charge in [-0.1, -0.05) is 13.3 Å². The van der Waals surface area contributed by atoms with Gasteiger partial charge in [-0.2, -0.15) is 0 Å². The fourth-order valence-electron chi connectivity index (χ4n) is 3.75. The number of nitrogens with zero attached hydrogens (tertiary/aromatic N) is 1. The van der Waals surface area contributed by atoms with Crippen LogP contribution >= 0.6 is 0 Å². The third-order valence-electron chi connectivity index (χ3n) is 4.94. The van der Waals surface area contributed by atoms with Crippen LogP contribution in [0.25, 0.3) is 0 Å². The smallest absolute Gasteiger partial charge is 0.223 e. The number of hydrogen-bond donors (Lipinski definition) is 2. The van der Waals surface area contributed by atoms with E-state index < -0.39 is 0 Å². The zero-order valence-electron chi connectivity index (χ0n) is 13.1. The Kier molecular flexibility index (Phi) is 5.85. The molecule has 1 saturated carbocycles. The van der Waals surface area contributed by atoms with E-state index in [1.54, 1.807) is 0 Å². The molecular formula is C16H31N3O. The molecule has 1 aliphatic heterocycles.